The maximum atomic E-state index is 10.9. The molecule has 10 nitrogen and oxygen atoms in total. The lowest BCUT2D eigenvalue weighted by molar-refractivity contribution is -0.384. The van der Waals surface area contributed by atoms with Crippen LogP contribution in [0.15, 0.2) is 71.8 Å². The van der Waals surface area contributed by atoms with E-state index in [4.69, 9.17) is 11.6 Å². The smallest absolute Gasteiger partial charge is 0.269 e. The van der Waals surface area contributed by atoms with Crippen LogP contribution in [0.3, 0.4) is 0 Å². The molecule has 0 unspecified atom stereocenters. The van der Waals surface area contributed by atoms with Gasteiger partial charge in [-0.25, -0.2) is 5.43 Å². The molecule has 1 heterocycles. The van der Waals surface area contributed by atoms with E-state index in [-0.39, 0.29) is 23.5 Å². The third kappa shape index (κ3) is 6.27. The number of non-ortho nitro benzene ring substituents is 1. The Labute approximate surface area is 206 Å². The average Bonchev–Trinajstić information content (AvgIpc) is 2.83. The Balaban J connectivity index is 1.60. The molecular weight excluding hydrogens is 468 g/mol. The fourth-order valence-electron chi connectivity index (χ4n) is 3.02. The van der Waals surface area contributed by atoms with E-state index < -0.39 is 4.92 Å². The summed E-state index contributed by atoms with van der Waals surface area (Å²) in [6.45, 7) is 4.05. The predicted octanol–water partition coefficient (Wildman–Crippen LogP) is 5.98. The van der Waals surface area contributed by atoms with E-state index in [1.165, 1.54) is 17.7 Å². The molecule has 0 aliphatic rings. The highest BCUT2D eigenvalue weighted by Gasteiger charge is 2.10. The van der Waals surface area contributed by atoms with E-state index in [9.17, 15) is 10.1 Å². The minimum Gasteiger partial charge on any atom is -0.324 e. The van der Waals surface area contributed by atoms with Crippen LogP contribution in [-0.4, -0.2) is 26.1 Å². The maximum absolute atomic E-state index is 10.9. The second kappa shape index (κ2) is 10.6. The lowest BCUT2D eigenvalue weighted by Crippen LogP contribution is -2.07. The molecule has 11 heteroatoms. The number of halogens is 1. The summed E-state index contributed by atoms with van der Waals surface area (Å²) in [4.78, 5) is 23.6. The van der Waals surface area contributed by atoms with Gasteiger partial charge in [-0.3, -0.25) is 10.1 Å². The Kier molecular flexibility index (Phi) is 7.12. The van der Waals surface area contributed by atoms with Crippen molar-refractivity contribution in [2.75, 3.05) is 16.1 Å². The van der Waals surface area contributed by atoms with Crippen LogP contribution >= 0.6 is 11.6 Å². The van der Waals surface area contributed by atoms with Gasteiger partial charge >= 0.3 is 0 Å². The molecule has 0 radical (unpaired) electrons. The number of hydrazone groups is 1. The van der Waals surface area contributed by atoms with Crippen LogP contribution in [-0.2, 0) is 0 Å². The van der Waals surface area contributed by atoms with Gasteiger partial charge in [-0.1, -0.05) is 35.9 Å². The summed E-state index contributed by atoms with van der Waals surface area (Å²) in [5.74, 6) is 0.679. The van der Waals surface area contributed by atoms with Gasteiger partial charge in [0.2, 0.25) is 17.8 Å². The zero-order chi connectivity index (χ0) is 24.8. The molecule has 0 bridgehead atoms. The van der Waals surface area contributed by atoms with E-state index in [1.54, 1.807) is 24.4 Å². The minimum absolute atomic E-state index is 0.0143. The highest BCUT2D eigenvalue weighted by molar-refractivity contribution is 6.33. The van der Waals surface area contributed by atoms with Crippen molar-refractivity contribution in [3.8, 4) is 0 Å². The molecule has 1 aromatic heterocycles. The van der Waals surface area contributed by atoms with E-state index in [2.05, 4.69) is 36.1 Å². The van der Waals surface area contributed by atoms with Gasteiger partial charge in [0.1, 0.15) is 0 Å². The van der Waals surface area contributed by atoms with Gasteiger partial charge < -0.3 is 10.6 Å². The van der Waals surface area contributed by atoms with Gasteiger partial charge in [-0.2, -0.15) is 20.1 Å². The Hall–Kier alpha value is -4.57. The number of hydrogen-bond acceptors (Lipinski definition) is 9. The van der Waals surface area contributed by atoms with Crippen molar-refractivity contribution in [1.29, 1.82) is 0 Å². The van der Waals surface area contributed by atoms with Gasteiger partial charge in [0.15, 0.2) is 0 Å². The van der Waals surface area contributed by atoms with Crippen molar-refractivity contribution >= 4 is 52.7 Å². The number of aryl methyl sites for hydroxylation is 2. The second-order valence-electron chi connectivity index (χ2n) is 7.55. The molecule has 0 atom stereocenters. The van der Waals surface area contributed by atoms with Crippen LogP contribution in [0.2, 0.25) is 5.02 Å². The maximum Gasteiger partial charge on any atom is 0.269 e. The topological polar surface area (TPSA) is 130 Å². The summed E-state index contributed by atoms with van der Waals surface area (Å²) < 4.78 is 0. The number of nitro groups is 1. The molecule has 4 rings (SSSR count). The first kappa shape index (κ1) is 23.6. The number of benzene rings is 3. The van der Waals surface area contributed by atoms with Gasteiger partial charge in [0, 0.05) is 34.1 Å². The molecule has 35 heavy (non-hydrogen) atoms. The zero-order valence-corrected chi connectivity index (χ0v) is 19.6. The van der Waals surface area contributed by atoms with Crippen molar-refractivity contribution in [3.63, 3.8) is 0 Å². The van der Waals surface area contributed by atoms with Crippen molar-refractivity contribution < 1.29 is 4.92 Å². The molecule has 4 aromatic rings. The molecule has 0 fully saturated rings. The molecular formula is C24H21ClN8O2. The monoisotopic (exact) mass is 488 g/mol. The Bertz CT molecular complexity index is 1390. The van der Waals surface area contributed by atoms with Crippen LogP contribution in [0.5, 0.6) is 0 Å². The van der Waals surface area contributed by atoms with Crippen LogP contribution in [0, 0.1) is 24.0 Å². The summed E-state index contributed by atoms with van der Waals surface area (Å²) in [6.07, 6.45) is 1.56. The van der Waals surface area contributed by atoms with E-state index in [1.807, 2.05) is 50.2 Å². The summed E-state index contributed by atoms with van der Waals surface area (Å²) in [5, 5.41) is 21.9. The van der Waals surface area contributed by atoms with Crippen molar-refractivity contribution in [2.24, 2.45) is 5.10 Å². The highest BCUT2D eigenvalue weighted by atomic mass is 35.5. The van der Waals surface area contributed by atoms with Crippen LogP contribution < -0.4 is 16.1 Å². The molecule has 176 valence electrons. The first-order valence-electron chi connectivity index (χ1n) is 10.5. The lowest BCUT2D eigenvalue weighted by Gasteiger charge is -2.11. The zero-order valence-electron chi connectivity index (χ0n) is 18.9. The van der Waals surface area contributed by atoms with Gasteiger partial charge in [-0.15, -0.1) is 0 Å². The van der Waals surface area contributed by atoms with E-state index >= 15 is 0 Å². The van der Waals surface area contributed by atoms with Crippen molar-refractivity contribution in [2.45, 2.75) is 13.8 Å². The SMILES string of the molecule is Cc1ccc(Nc2nc(N/N=C/c3ccccc3Cl)nc(Nc3ccc([N+](=O)[O-])cc3)n2)cc1C. The van der Waals surface area contributed by atoms with Gasteiger partial charge in [0.05, 0.1) is 11.1 Å². The average molecular weight is 489 g/mol. The molecule has 3 aromatic carbocycles. The molecule has 0 aliphatic heterocycles. The number of nitrogens with one attached hydrogen (secondary N) is 3. The number of anilines is 5. The fraction of sp³-hybridized carbons (Fsp3) is 0.0833. The molecule has 0 saturated heterocycles. The van der Waals surface area contributed by atoms with Crippen molar-refractivity contribution in [1.82, 2.24) is 15.0 Å². The van der Waals surface area contributed by atoms with Crippen molar-refractivity contribution in [3.05, 3.63) is 98.6 Å². The molecule has 0 amide bonds. The predicted molar refractivity (Wildman–Crippen MR) is 138 cm³/mol. The fourth-order valence-corrected chi connectivity index (χ4v) is 3.21. The number of hydrogen-bond donors (Lipinski definition) is 3. The largest absolute Gasteiger partial charge is 0.324 e. The Morgan fingerprint density at radius 3 is 2.14 bits per heavy atom. The van der Waals surface area contributed by atoms with Crippen LogP contribution in [0.25, 0.3) is 0 Å². The van der Waals surface area contributed by atoms with Crippen LogP contribution in [0.1, 0.15) is 16.7 Å². The summed E-state index contributed by atoms with van der Waals surface area (Å²) >= 11 is 6.17. The third-order valence-corrected chi connectivity index (χ3v) is 5.35. The van der Waals surface area contributed by atoms with E-state index in [0.717, 1.165) is 16.8 Å². The van der Waals surface area contributed by atoms with Gasteiger partial charge in [-0.05, 0) is 55.3 Å². The quantitative estimate of drug-likeness (QED) is 0.157. The van der Waals surface area contributed by atoms with Crippen LogP contribution in [0.4, 0.5) is 34.9 Å². The molecule has 0 saturated carbocycles. The number of nitrogens with zero attached hydrogens (tertiary/aromatic N) is 5. The lowest BCUT2D eigenvalue weighted by atomic mass is 10.1. The Morgan fingerprint density at radius 2 is 1.49 bits per heavy atom. The number of nitro benzene ring substituents is 1. The molecule has 0 aliphatic carbocycles. The standard InChI is InChI=1S/C24H21ClN8O2/c1-15-7-8-19(13-16(15)2)28-23-29-22(27-18-9-11-20(12-10-18)33(34)35)30-24(31-23)32-26-14-17-5-3-4-6-21(17)25/h3-14H,1-2H3,(H3,27,28,29,30,31,32)/b26-14+. The third-order valence-electron chi connectivity index (χ3n) is 5.01. The number of rotatable bonds is 8. The minimum atomic E-state index is -0.461. The highest BCUT2D eigenvalue weighted by Crippen LogP contribution is 2.22. The summed E-state index contributed by atoms with van der Waals surface area (Å²) in [5.41, 5.74) is 7.19. The summed E-state index contributed by atoms with van der Waals surface area (Å²) in [6, 6.07) is 19.1. The van der Waals surface area contributed by atoms with Gasteiger partial charge in [0.25, 0.3) is 5.69 Å². The normalized spacial score (nSPS) is 10.8. The first-order valence-corrected chi connectivity index (χ1v) is 10.9. The second-order valence-corrected chi connectivity index (χ2v) is 7.96. The summed E-state index contributed by atoms with van der Waals surface area (Å²) in [7, 11) is 0. The first-order chi connectivity index (χ1) is 16.9. The van der Waals surface area contributed by atoms with E-state index in [0.29, 0.717) is 10.7 Å². The Morgan fingerprint density at radius 1 is 0.857 bits per heavy atom. The molecule has 3 N–H and O–H groups in total. The number of aromatic nitrogens is 3. The molecule has 0 spiro atoms.